The number of nitrogens with one attached hydrogen (secondary N) is 1. The molecule has 1 saturated carbocycles. The Morgan fingerprint density at radius 2 is 2.00 bits per heavy atom. The van der Waals surface area contributed by atoms with Crippen LogP contribution in [-0.4, -0.2) is 22.4 Å². The molecule has 3 rings (SSSR count). The predicted octanol–water partition coefficient (Wildman–Crippen LogP) is 3.58. The summed E-state index contributed by atoms with van der Waals surface area (Å²) in [7, 11) is 0. The Hall–Kier alpha value is -1.78. The fourth-order valence-corrected chi connectivity index (χ4v) is 2.86. The molecule has 2 heterocycles. The highest BCUT2D eigenvalue weighted by atomic mass is 19.3. The summed E-state index contributed by atoms with van der Waals surface area (Å²) in [6, 6.07) is 1.95. The van der Waals surface area contributed by atoms with E-state index >= 15 is 0 Å². The number of nitrogens with zero attached hydrogens (tertiary/aromatic N) is 2. The monoisotopic (exact) mass is 291 g/mol. The van der Waals surface area contributed by atoms with Crippen LogP contribution in [0.4, 0.5) is 8.78 Å². The smallest absolute Gasteiger partial charge is 0.248 e. The van der Waals surface area contributed by atoms with Gasteiger partial charge in [-0.15, -0.1) is 0 Å². The second kappa shape index (κ2) is 5.54. The molecule has 1 fully saturated rings. The molecule has 5 heteroatoms. The molecule has 1 aliphatic heterocycles. The van der Waals surface area contributed by atoms with Gasteiger partial charge in [-0.25, -0.2) is 18.7 Å². The lowest BCUT2D eigenvalue weighted by molar-refractivity contribution is -0.0387. The van der Waals surface area contributed by atoms with Crippen LogP contribution in [0.1, 0.15) is 48.8 Å². The summed E-state index contributed by atoms with van der Waals surface area (Å²) in [5.41, 5.74) is 2.83. The van der Waals surface area contributed by atoms with E-state index in [2.05, 4.69) is 21.4 Å². The minimum atomic E-state index is -2.51. The molecule has 0 saturated heterocycles. The molecule has 0 aromatic carbocycles. The van der Waals surface area contributed by atoms with Crippen LogP contribution in [0.3, 0.4) is 0 Å². The Morgan fingerprint density at radius 1 is 1.24 bits per heavy atom. The number of rotatable bonds is 2. The fraction of sp³-hybridized carbons (Fsp3) is 0.500. The second-order valence-corrected chi connectivity index (χ2v) is 5.78. The molecule has 1 N–H and O–H groups in total. The molecule has 2 aliphatic rings. The summed E-state index contributed by atoms with van der Waals surface area (Å²) in [5.74, 6) is -1.74. The summed E-state index contributed by atoms with van der Waals surface area (Å²) in [5, 5.41) is 3.10. The van der Waals surface area contributed by atoms with Gasteiger partial charge in [-0.3, -0.25) is 0 Å². The zero-order chi connectivity index (χ0) is 14.9. The first-order chi connectivity index (χ1) is 10.0. The van der Waals surface area contributed by atoms with Crippen molar-refractivity contribution in [2.24, 2.45) is 0 Å². The van der Waals surface area contributed by atoms with E-state index in [4.69, 9.17) is 0 Å². The molecule has 0 radical (unpaired) electrons. The van der Waals surface area contributed by atoms with Crippen LogP contribution in [0.15, 0.2) is 24.4 Å². The number of hydrogen-bond donors (Lipinski definition) is 1. The topological polar surface area (TPSA) is 37.8 Å². The van der Waals surface area contributed by atoms with Crippen LogP contribution in [0.5, 0.6) is 0 Å². The standard InChI is InChI=1S/C16H19F2N3/c1-11-10-14(12-4-8-19-9-5-12)21-15(20-11)13-2-6-16(17,18)7-3-13/h4-5,8,10,13,19H,2-3,6-7,9H2,1H3. The molecule has 0 unspecified atom stereocenters. The number of aryl methyl sites for hydroxylation is 1. The molecule has 1 aromatic rings. The predicted molar refractivity (Wildman–Crippen MR) is 78.0 cm³/mol. The summed E-state index contributed by atoms with van der Waals surface area (Å²) < 4.78 is 26.6. The molecule has 0 atom stereocenters. The van der Waals surface area contributed by atoms with Gasteiger partial charge in [0.15, 0.2) is 0 Å². The van der Waals surface area contributed by atoms with Crippen LogP contribution < -0.4 is 5.32 Å². The van der Waals surface area contributed by atoms with Gasteiger partial charge < -0.3 is 5.32 Å². The summed E-state index contributed by atoms with van der Waals surface area (Å²) in [6.45, 7) is 2.71. The Kier molecular flexibility index (Phi) is 3.74. The van der Waals surface area contributed by atoms with Gasteiger partial charge in [0.2, 0.25) is 5.92 Å². The molecule has 1 aromatic heterocycles. The van der Waals surface area contributed by atoms with Crippen LogP contribution in [0, 0.1) is 6.92 Å². The van der Waals surface area contributed by atoms with Crippen molar-refractivity contribution in [1.82, 2.24) is 15.3 Å². The molecule has 112 valence electrons. The van der Waals surface area contributed by atoms with Gasteiger partial charge in [-0.1, -0.05) is 6.08 Å². The van der Waals surface area contributed by atoms with Crippen LogP contribution >= 0.6 is 0 Å². The van der Waals surface area contributed by atoms with Crippen molar-refractivity contribution in [2.45, 2.75) is 44.4 Å². The van der Waals surface area contributed by atoms with Gasteiger partial charge in [0, 0.05) is 31.0 Å². The lowest BCUT2D eigenvalue weighted by Crippen LogP contribution is -2.24. The van der Waals surface area contributed by atoms with E-state index in [-0.39, 0.29) is 18.8 Å². The highest BCUT2D eigenvalue weighted by molar-refractivity contribution is 5.72. The lowest BCUT2D eigenvalue weighted by Gasteiger charge is -2.27. The Labute approximate surface area is 123 Å². The number of halogens is 2. The van der Waals surface area contributed by atoms with E-state index in [0.29, 0.717) is 18.7 Å². The first kappa shape index (κ1) is 14.2. The number of aromatic nitrogens is 2. The third-order valence-electron chi connectivity index (χ3n) is 4.07. The van der Waals surface area contributed by atoms with Crippen LogP contribution in [0.25, 0.3) is 5.57 Å². The van der Waals surface area contributed by atoms with E-state index in [1.165, 1.54) is 0 Å². The average Bonchev–Trinajstić information content (AvgIpc) is 2.47. The van der Waals surface area contributed by atoms with Crippen molar-refractivity contribution >= 4 is 5.57 Å². The van der Waals surface area contributed by atoms with E-state index in [9.17, 15) is 8.78 Å². The van der Waals surface area contributed by atoms with E-state index in [0.717, 1.165) is 23.5 Å². The number of hydrogen-bond acceptors (Lipinski definition) is 3. The van der Waals surface area contributed by atoms with E-state index in [1.54, 1.807) is 0 Å². The highest BCUT2D eigenvalue weighted by Gasteiger charge is 2.36. The van der Waals surface area contributed by atoms with Crippen LogP contribution in [0.2, 0.25) is 0 Å². The van der Waals surface area contributed by atoms with Crippen molar-refractivity contribution in [3.63, 3.8) is 0 Å². The SMILES string of the molecule is Cc1cc(C2=CCNC=C2)nc(C2CCC(F)(F)CC2)n1. The zero-order valence-electron chi connectivity index (χ0n) is 12.1. The Bertz CT molecular complexity index is 583. The zero-order valence-corrected chi connectivity index (χ0v) is 12.1. The average molecular weight is 291 g/mol. The van der Waals surface area contributed by atoms with Gasteiger partial charge in [0.25, 0.3) is 0 Å². The van der Waals surface area contributed by atoms with Gasteiger partial charge in [-0.05, 0) is 43.7 Å². The largest absolute Gasteiger partial charge is 0.387 e. The maximum Gasteiger partial charge on any atom is 0.248 e. The van der Waals surface area contributed by atoms with Gasteiger partial charge >= 0.3 is 0 Å². The highest BCUT2D eigenvalue weighted by Crippen LogP contribution is 2.40. The second-order valence-electron chi connectivity index (χ2n) is 5.78. The minimum Gasteiger partial charge on any atom is -0.387 e. The molecule has 21 heavy (non-hydrogen) atoms. The normalized spacial score (nSPS) is 21.8. The first-order valence-corrected chi connectivity index (χ1v) is 7.37. The third kappa shape index (κ3) is 3.28. The molecule has 3 nitrogen and oxygen atoms in total. The van der Waals surface area contributed by atoms with E-state index in [1.807, 2.05) is 25.3 Å². The summed E-state index contributed by atoms with van der Waals surface area (Å²) in [6.07, 6.45) is 6.75. The molecule has 1 aliphatic carbocycles. The minimum absolute atomic E-state index is 0.0505. The first-order valence-electron chi connectivity index (χ1n) is 7.37. The van der Waals surface area contributed by atoms with Crippen molar-refractivity contribution in [3.05, 3.63) is 41.6 Å². The third-order valence-corrected chi connectivity index (χ3v) is 4.07. The summed E-state index contributed by atoms with van der Waals surface area (Å²) in [4.78, 5) is 9.10. The number of alkyl halides is 2. The molecular weight excluding hydrogens is 272 g/mol. The Morgan fingerprint density at radius 3 is 2.67 bits per heavy atom. The number of allylic oxidation sites excluding steroid dienone is 2. The molecule has 0 spiro atoms. The molecule has 0 amide bonds. The maximum absolute atomic E-state index is 13.3. The van der Waals surface area contributed by atoms with Gasteiger partial charge in [0.05, 0.1) is 5.69 Å². The van der Waals surface area contributed by atoms with E-state index < -0.39 is 5.92 Å². The fourth-order valence-electron chi connectivity index (χ4n) is 2.86. The maximum atomic E-state index is 13.3. The molecule has 0 bridgehead atoms. The quantitative estimate of drug-likeness (QED) is 0.905. The van der Waals surface area contributed by atoms with Crippen LogP contribution in [-0.2, 0) is 0 Å². The summed E-state index contributed by atoms with van der Waals surface area (Å²) >= 11 is 0. The number of dihydropyridines is 1. The van der Waals surface area contributed by atoms with Gasteiger partial charge in [0.1, 0.15) is 5.82 Å². The lowest BCUT2D eigenvalue weighted by atomic mass is 9.86. The molecular formula is C16H19F2N3. The van der Waals surface area contributed by atoms with Crippen molar-refractivity contribution in [3.8, 4) is 0 Å². The van der Waals surface area contributed by atoms with Gasteiger partial charge in [-0.2, -0.15) is 0 Å². The Balaban J connectivity index is 1.85. The van der Waals surface area contributed by atoms with Crippen molar-refractivity contribution in [1.29, 1.82) is 0 Å². The van der Waals surface area contributed by atoms with Crippen molar-refractivity contribution in [2.75, 3.05) is 6.54 Å². The van der Waals surface area contributed by atoms with Crippen molar-refractivity contribution < 1.29 is 8.78 Å².